The number of aryl methyl sites for hydroxylation is 1. The van der Waals surface area contributed by atoms with Crippen LogP contribution >= 0.6 is 23.2 Å². The van der Waals surface area contributed by atoms with Gasteiger partial charge in [-0.1, -0.05) is 41.4 Å². The second kappa shape index (κ2) is 8.57. The Balaban J connectivity index is 1.76. The minimum Gasteiger partial charge on any atom is -0.482 e. The normalized spacial score (nSPS) is 10.1. The highest BCUT2D eigenvalue weighted by atomic mass is 35.5. The number of ether oxygens (including phenoxy) is 1. The van der Waals surface area contributed by atoms with Crippen molar-refractivity contribution in [3.63, 3.8) is 0 Å². The van der Waals surface area contributed by atoms with Crippen molar-refractivity contribution < 1.29 is 14.3 Å². The molecule has 0 atom stereocenters. The van der Waals surface area contributed by atoms with Gasteiger partial charge in [0.25, 0.3) is 5.91 Å². The van der Waals surface area contributed by atoms with Crippen LogP contribution in [0.3, 0.4) is 0 Å². The Bertz CT molecular complexity index is 750. The molecule has 0 unspecified atom stereocenters. The Kier molecular flexibility index (Phi) is 6.46. The lowest BCUT2D eigenvalue weighted by molar-refractivity contribution is -0.125. The summed E-state index contributed by atoms with van der Waals surface area (Å²) < 4.78 is 5.29. The largest absolute Gasteiger partial charge is 0.482 e. The zero-order valence-corrected chi connectivity index (χ0v) is 14.4. The van der Waals surface area contributed by atoms with E-state index in [1.54, 1.807) is 18.2 Å². The van der Waals surface area contributed by atoms with Gasteiger partial charge in [-0.2, -0.15) is 0 Å². The topological polar surface area (TPSA) is 67.4 Å². The molecule has 0 saturated heterocycles. The molecule has 0 radical (unpaired) electrons. The number of rotatable bonds is 6. The first-order valence-electron chi connectivity index (χ1n) is 7.16. The molecule has 2 N–H and O–H groups in total. The van der Waals surface area contributed by atoms with Gasteiger partial charge in [-0.05, 0) is 36.8 Å². The molecule has 0 fully saturated rings. The van der Waals surface area contributed by atoms with Gasteiger partial charge in [-0.15, -0.1) is 0 Å². The van der Waals surface area contributed by atoms with Gasteiger partial charge in [-0.25, -0.2) is 0 Å². The first-order chi connectivity index (χ1) is 11.5. The summed E-state index contributed by atoms with van der Waals surface area (Å²) in [5.41, 5.74) is 1.65. The molecule has 0 saturated carbocycles. The average Bonchev–Trinajstić information content (AvgIpc) is 2.54. The fourth-order valence-corrected chi connectivity index (χ4v) is 2.34. The molecule has 2 aromatic rings. The second-order valence-electron chi connectivity index (χ2n) is 5.00. The van der Waals surface area contributed by atoms with Crippen molar-refractivity contribution in [2.24, 2.45) is 0 Å². The fraction of sp³-hybridized carbons (Fsp3) is 0.176. The van der Waals surface area contributed by atoms with Crippen LogP contribution in [0.15, 0.2) is 42.5 Å². The summed E-state index contributed by atoms with van der Waals surface area (Å²) in [5, 5.41) is 5.99. The van der Waals surface area contributed by atoms with E-state index >= 15 is 0 Å². The lowest BCUT2D eigenvalue weighted by Gasteiger charge is -2.10. The van der Waals surface area contributed by atoms with Crippen molar-refractivity contribution >= 4 is 40.7 Å². The summed E-state index contributed by atoms with van der Waals surface area (Å²) in [4.78, 5) is 23.6. The summed E-state index contributed by atoms with van der Waals surface area (Å²) in [7, 11) is 0. The molecule has 24 heavy (non-hydrogen) atoms. The van der Waals surface area contributed by atoms with E-state index in [4.69, 9.17) is 27.9 Å². The van der Waals surface area contributed by atoms with Crippen molar-refractivity contribution in [2.75, 3.05) is 18.5 Å². The van der Waals surface area contributed by atoms with E-state index in [1.165, 1.54) is 6.07 Å². The summed E-state index contributed by atoms with van der Waals surface area (Å²) >= 11 is 11.7. The quantitative estimate of drug-likeness (QED) is 0.822. The van der Waals surface area contributed by atoms with Crippen LogP contribution in [0.5, 0.6) is 5.75 Å². The molecule has 0 aliphatic carbocycles. The van der Waals surface area contributed by atoms with Crippen LogP contribution in [0, 0.1) is 6.92 Å². The molecule has 0 bridgehead atoms. The average molecular weight is 367 g/mol. The highest BCUT2D eigenvalue weighted by Gasteiger charge is 2.09. The number of hydrogen-bond acceptors (Lipinski definition) is 3. The third kappa shape index (κ3) is 5.44. The van der Waals surface area contributed by atoms with E-state index in [0.29, 0.717) is 21.5 Å². The zero-order chi connectivity index (χ0) is 17.5. The Morgan fingerprint density at radius 1 is 1.08 bits per heavy atom. The maximum absolute atomic E-state index is 11.8. The van der Waals surface area contributed by atoms with Crippen LogP contribution in [0.25, 0.3) is 0 Å². The first kappa shape index (κ1) is 18.1. The fourth-order valence-electron chi connectivity index (χ4n) is 1.87. The highest BCUT2D eigenvalue weighted by Crippen LogP contribution is 2.27. The number of amides is 2. The number of benzene rings is 2. The van der Waals surface area contributed by atoms with E-state index in [2.05, 4.69) is 10.6 Å². The summed E-state index contributed by atoms with van der Waals surface area (Å²) in [6.45, 7) is 1.49. The van der Waals surface area contributed by atoms with E-state index in [9.17, 15) is 9.59 Å². The molecule has 2 amide bonds. The lowest BCUT2D eigenvalue weighted by atomic mass is 10.2. The van der Waals surface area contributed by atoms with Crippen LogP contribution in [0.1, 0.15) is 5.56 Å². The molecular formula is C17H16Cl2N2O3. The van der Waals surface area contributed by atoms with E-state index in [1.807, 2.05) is 25.1 Å². The van der Waals surface area contributed by atoms with Crippen LogP contribution in [-0.4, -0.2) is 25.0 Å². The predicted molar refractivity (Wildman–Crippen MR) is 94.8 cm³/mol. The van der Waals surface area contributed by atoms with Crippen LogP contribution in [0.4, 0.5) is 5.69 Å². The van der Waals surface area contributed by atoms with Crippen molar-refractivity contribution in [1.82, 2.24) is 5.32 Å². The number of hydrogen-bond donors (Lipinski definition) is 2. The third-order valence-electron chi connectivity index (χ3n) is 3.12. The van der Waals surface area contributed by atoms with Crippen molar-refractivity contribution in [2.45, 2.75) is 6.92 Å². The molecule has 2 aromatic carbocycles. The molecule has 0 aromatic heterocycles. The Morgan fingerprint density at radius 3 is 2.54 bits per heavy atom. The standard InChI is InChI=1S/C17H16Cl2N2O3/c1-11-4-2-3-5-14(11)21-16(22)9-20-17(23)10-24-15-7-6-12(18)8-13(15)19/h2-8H,9-10H2,1H3,(H,20,23)(H,21,22). The van der Waals surface area contributed by atoms with Gasteiger partial charge in [-0.3, -0.25) is 9.59 Å². The summed E-state index contributed by atoms with van der Waals surface area (Å²) in [5.74, 6) is -0.399. The molecule has 2 rings (SSSR count). The monoisotopic (exact) mass is 366 g/mol. The van der Waals surface area contributed by atoms with E-state index in [-0.39, 0.29) is 19.1 Å². The Labute approximate surface area is 149 Å². The summed E-state index contributed by atoms with van der Waals surface area (Å²) in [6, 6.07) is 12.1. The van der Waals surface area contributed by atoms with Gasteiger partial charge in [0.05, 0.1) is 11.6 Å². The van der Waals surface area contributed by atoms with Gasteiger partial charge >= 0.3 is 0 Å². The SMILES string of the molecule is Cc1ccccc1NC(=O)CNC(=O)COc1ccc(Cl)cc1Cl. The molecule has 0 aliphatic rings. The predicted octanol–water partition coefficient (Wildman–Crippen LogP) is 3.44. The number of para-hydroxylation sites is 1. The number of carbonyl (C=O) groups excluding carboxylic acids is 2. The minimum absolute atomic E-state index is 0.148. The molecule has 126 valence electrons. The number of nitrogens with one attached hydrogen (secondary N) is 2. The number of carbonyl (C=O) groups is 2. The molecule has 0 aliphatic heterocycles. The van der Waals surface area contributed by atoms with Gasteiger partial charge in [0.1, 0.15) is 5.75 Å². The van der Waals surface area contributed by atoms with E-state index in [0.717, 1.165) is 5.56 Å². The molecular weight excluding hydrogens is 351 g/mol. The van der Waals surface area contributed by atoms with Gasteiger partial charge < -0.3 is 15.4 Å². The van der Waals surface area contributed by atoms with E-state index < -0.39 is 5.91 Å². The molecule has 7 heteroatoms. The minimum atomic E-state index is -0.430. The lowest BCUT2D eigenvalue weighted by Crippen LogP contribution is -2.35. The zero-order valence-electron chi connectivity index (χ0n) is 12.9. The van der Waals surface area contributed by atoms with Crippen LogP contribution < -0.4 is 15.4 Å². The van der Waals surface area contributed by atoms with Crippen molar-refractivity contribution in [3.05, 3.63) is 58.1 Å². The van der Waals surface area contributed by atoms with Gasteiger partial charge in [0.2, 0.25) is 5.91 Å². The first-order valence-corrected chi connectivity index (χ1v) is 7.91. The van der Waals surface area contributed by atoms with Crippen molar-refractivity contribution in [1.29, 1.82) is 0 Å². The molecule has 0 heterocycles. The molecule has 5 nitrogen and oxygen atoms in total. The Morgan fingerprint density at radius 2 is 1.83 bits per heavy atom. The van der Waals surface area contributed by atoms with Crippen LogP contribution in [0.2, 0.25) is 10.0 Å². The van der Waals surface area contributed by atoms with Crippen molar-refractivity contribution in [3.8, 4) is 5.75 Å². The number of halogens is 2. The van der Waals surface area contributed by atoms with Crippen LogP contribution in [-0.2, 0) is 9.59 Å². The summed E-state index contributed by atoms with van der Waals surface area (Å²) in [6.07, 6.45) is 0. The Hall–Kier alpha value is -2.24. The third-order valence-corrected chi connectivity index (χ3v) is 3.65. The smallest absolute Gasteiger partial charge is 0.258 e. The second-order valence-corrected chi connectivity index (χ2v) is 5.85. The highest BCUT2D eigenvalue weighted by molar-refractivity contribution is 6.35. The number of anilines is 1. The van der Waals surface area contributed by atoms with Gasteiger partial charge in [0.15, 0.2) is 6.61 Å². The maximum Gasteiger partial charge on any atom is 0.258 e. The maximum atomic E-state index is 11.8. The van der Waals surface area contributed by atoms with Gasteiger partial charge in [0, 0.05) is 10.7 Å². The molecule has 0 spiro atoms.